The summed E-state index contributed by atoms with van der Waals surface area (Å²) in [7, 11) is 0. The van der Waals surface area contributed by atoms with Crippen LogP contribution in [0.15, 0.2) is 27.6 Å². The number of anilines is 1. The lowest BCUT2D eigenvalue weighted by Crippen LogP contribution is -2.35. The molecule has 2 N–H and O–H groups in total. The summed E-state index contributed by atoms with van der Waals surface area (Å²) >= 11 is 4.70. The fourth-order valence-electron chi connectivity index (χ4n) is 1.42. The van der Waals surface area contributed by atoms with Crippen molar-refractivity contribution in [3.05, 3.63) is 33.2 Å². The number of carboxylic acids is 1. The van der Waals surface area contributed by atoms with E-state index in [0.717, 1.165) is 3.79 Å². The number of aromatic nitrogens is 2. The third-order valence-corrected chi connectivity index (χ3v) is 4.27. The smallest absolute Gasteiger partial charge is 0.331 e. The van der Waals surface area contributed by atoms with Crippen LogP contribution in [0, 0.1) is 0 Å². The van der Waals surface area contributed by atoms with E-state index in [1.807, 2.05) is 0 Å². The number of thiophene rings is 1. The molecule has 0 saturated carbocycles. The van der Waals surface area contributed by atoms with Gasteiger partial charge in [-0.1, -0.05) is 0 Å². The zero-order valence-electron chi connectivity index (χ0n) is 10.8. The summed E-state index contributed by atoms with van der Waals surface area (Å²) in [6, 6.07) is 1.71. The first-order chi connectivity index (χ1) is 9.30. The second-order valence-electron chi connectivity index (χ2n) is 4.63. The molecule has 0 saturated heterocycles. The minimum absolute atomic E-state index is 0.264. The van der Waals surface area contributed by atoms with Crippen LogP contribution in [0.5, 0.6) is 0 Å². The standard InChI is InChI=1S/C12H12BrN3O3S/c1-12(2,11(18)19)16-5-8(4-14-16)15-10(17)7-3-9(13)20-6-7/h3-6H,1-2H3,(H,15,17)(H,18,19). The molecule has 0 fully saturated rings. The SMILES string of the molecule is CC(C)(C(=O)O)n1cc(NC(=O)c2csc(Br)c2)cn1. The number of rotatable bonds is 4. The van der Waals surface area contributed by atoms with E-state index in [9.17, 15) is 9.59 Å². The van der Waals surface area contributed by atoms with Gasteiger partial charge < -0.3 is 10.4 Å². The molecule has 0 bridgehead atoms. The summed E-state index contributed by atoms with van der Waals surface area (Å²) in [6.07, 6.45) is 2.91. The molecule has 0 unspecified atom stereocenters. The number of carbonyl (C=O) groups excluding carboxylic acids is 1. The Bertz CT molecular complexity index is 662. The van der Waals surface area contributed by atoms with Crippen LogP contribution in [0.1, 0.15) is 24.2 Å². The van der Waals surface area contributed by atoms with E-state index >= 15 is 0 Å². The molecule has 8 heteroatoms. The molecule has 2 aromatic heterocycles. The van der Waals surface area contributed by atoms with E-state index in [1.165, 1.54) is 42.3 Å². The van der Waals surface area contributed by atoms with Crippen LogP contribution in [0.2, 0.25) is 0 Å². The molecule has 0 aliphatic rings. The Balaban J connectivity index is 2.14. The number of nitrogens with one attached hydrogen (secondary N) is 1. The minimum atomic E-state index is -1.17. The zero-order valence-corrected chi connectivity index (χ0v) is 13.2. The topological polar surface area (TPSA) is 84.2 Å². The molecule has 0 aliphatic heterocycles. The largest absolute Gasteiger partial charge is 0.479 e. The number of amides is 1. The predicted molar refractivity (Wildman–Crippen MR) is 79.2 cm³/mol. The summed E-state index contributed by atoms with van der Waals surface area (Å²) in [6.45, 7) is 3.06. The molecular weight excluding hydrogens is 346 g/mol. The summed E-state index contributed by atoms with van der Waals surface area (Å²) < 4.78 is 2.17. The fraction of sp³-hybridized carbons (Fsp3) is 0.250. The van der Waals surface area contributed by atoms with Gasteiger partial charge in [0.1, 0.15) is 0 Å². The first kappa shape index (κ1) is 14.7. The number of hydrogen-bond donors (Lipinski definition) is 2. The number of carboxylic acid groups (broad SMARTS) is 1. The van der Waals surface area contributed by atoms with Crippen molar-refractivity contribution in [2.45, 2.75) is 19.4 Å². The molecular formula is C12H12BrN3O3S. The van der Waals surface area contributed by atoms with Gasteiger partial charge in [0.05, 0.1) is 21.2 Å². The highest BCUT2D eigenvalue weighted by Crippen LogP contribution is 2.22. The fourth-order valence-corrected chi connectivity index (χ4v) is 2.56. The Morgan fingerprint density at radius 2 is 2.20 bits per heavy atom. The van der Waals surface area contributed by atoms with Gasteiger partial charge in [-0.2, -0.15) is 5.10 Å². The van der Waals surface area contributed by atoms with Crippen molar-refractivity contribution < 1.29 is 14.7 Å². The lowest BCUT2D eigenvalue weighted by atomic mass is 10.1. The highest BCUT2D eigenvalue weighted by atomic mass is 79.9. The molecule has 1 amide bonds. The third-order valence-electron chi connectivity index (χ3n) is 2.77. The molecule has 2 heterocycles. The molecule has 0 spiro atoms. The van der Waals surface area contributed by atoms with E-state index in [4.69, 9.17) is 5.11 Å². The average Bonchev–Trinajstić information content (AvgIpc) is 2.98. The van der Waals surface area contributed by atoms with E-state index < -0.39 is 11.5 Å². The maximum atomic E-state index is 11.9. The monoisotopic (exact) mass is 357 g/mol. The zero-order chi connectivity index (χ0) is 14.9. The van der Waals surface area contributed by atoms with Crippen molar-refractivity contribution in [1.29, 1.82) is 0 Å². The molecule has 0 aromatic carbocycles. The van der Waals surface area contributed by atoms with Gasteiger partial charge in [-0.15, -0.1) is 11.3 Å². The minimum Gasteiger partial charge on any atom is -0.479 e. The van der Waals surface area contributed by atoms with Crippen LogP contribution in [-0.2, 0) is 10.3 Å². The summed E-state index contributed by atoms with van der Waals surface area (Å²) in [5, 5.41) is 17.5. The van der Waals surface area contributed by atoms with E-state index in [-0.39, 0.29) is 5.91 Å². The Kier molecular flexibility index (Phi) is 3.96. The number of halogens is 1. The van der Waals surface area contributed by atoms with Gasteiger partial charge in [0.15, 0.2) is 5.54 Å². The van der Waals surface area contributed by atoms with Crippen molar-refractivity contribution in [2.75, 3.05) is 5.32 Å². The Labute approximate surface area is 127 Å². The van der Waals surface area contributed by atoms with Gasteiger partial charge in [0.25, 0.3) is 5.91 Å². The molecule has 6 nitrogen and oxygen atoms in total. The number of aliphatic carboxylic acids is 1. The van der Waals surface area contributed by atoms with Crippen molar-refractivity contribution in [2.24, 2.45) is 0 Å². The Morgan fingerprint density at radius 1 is 1.50 bits per heavy atom. The Morgan fingerprint density at radius 3 is 2.75 bits per heavy atom. The molecule has 0 radical (unpaired) electrons. The maximum absolute atomic E-state index is 11.9. The quantitative estimate of drug-likeness (QED) is 0.880. The van der Waals surface area contributed by atoms with Crippen LogP contribution in [0.4, 0.5) is 5.69 Å². The van der Waals surface area contributed by atoms with Gasteiger partial charge in [-0.05, 0) is 35.8 Å². The molecule has 2 rings (SSSR count). The lowest BCUT2D eigenvalue weighted by molar-refractivity contribution is -0.146. The highest BCUT2D eigenvalue weighted by Gasteiger charge is 2.30. The average molecular weight is 358 g/mol. The summed E-state index contributed by atoms with van der Waals surface area (Å²) in [5.74, 6) is -1.26. The van der Waals surface area contributed by atoms with Crippen LogP contribution >= 0.6 is 27.3 Å². The normalized spacial score (nSPS) is 11.3. The van der Waals surface area contributed by atoms with Crippen LogP contribution in [0.3, 0.4) is 0 Å². The third kappa shape index (κ3) is 2.91. The van der Waals surface area contributed by atoms with Crippen molar-refractivity contribution in [1.82, 2.24) is 9.78 Å². The summed E-state index contributed by atoms with van der Waals surface area (Å²) in [5.41, 5.74) is -0.187. The van der Waals surface area contributed by atoms with Gasteiger partial charge in [0, 0.05) is 11.6 Å². The van der Waals surface area contributed by atoms with E-state index in [2.05, 4.69) is 26.3 Å². The second kappa shape index (κ2) is 5.37. The van der Waals surface area contributed by atoms with Gasteiger partial charge in [0.2, 0.25) is 0 Å². The predicted octanol–water partition coefficient (Wildman–Crippen LogP) is 2.78. The van der Waals surface area contributed by atoms with E-state index in [1.54, 1.807) is 11.4 Å². The van der Waals surface area contributed by atoms with Gasteiger partial charge in [-0.3, -0.25) is 9.48 Å². The van der Waals surface area contributed by atoms with Crippen molar-refractivity contribution in [3.63, 3.8) is 0 Å². The number of nitrogens with zero attached hydrogens (tertiary/aromatic N) is 2. The second-order valence-corrected chi connectivity index (χ2v) is 6.92. The lowest BCUT2D eigenvalue weighted by Gasteiger charge is -2.19. The summed E-state index contributed by atoms with van der Waals surface area (Å²) in [4.78, 5) is 23.1. The molecule has 106 valence electrons. The Hall–Kier alpha value is -1.67. The number of carbonyl (C=O) groups is 2. The molecule has 20 heavy (non-hydrogen) atoms. The van der Waals surface area contributed by atoms with E-state index in [0.29, 0.717) is 11.3 Å². The molecule has 0 aliphatic carbocycles. The highest BCUT2D eigenvalue weighted by molar-refractivity contribution is 9.11. The molecule has 0 atom stereocenters. The first-order valence-electron chi connectivity index (χ1n) is 5.64. The molecule has 2 aromatic rings. The van der Waals surface area contributed by atoms with Crippen LogP contribution in [-0.4, -0.2) is 26.8 Å². The van der Waals surface area contributed by atoms with Gasteiger partial charge >= 0.3 is 5.97 Å². The van der Waals surface area contributed by atoms with Gasteiger partial charge in [-0.25, -0.2) is 4.79 Å². The first-order valence-corrected chi connectivity index (χ1v) is 7.32. The van der Waals surface area contributed by atoms with Crippen LogP contribution in [0.25, 0.3) is 0 Å². The van der Waals surface area contributed by atoms with Crippen molar-refractivity contribution in [3.8, 4) is 0 Å². The van der Waals surface area contributed by atoms with Crippen LogP contribution < -0.4 is 5.32 Å². The number of hydrogen-bond acceptors (Lipinski definition) is 4. The maximum Gasteiger partial charge on any atom is 0.331 e. The van der Waals surface area contributed by atoms with Crippen molar-refractivity contribution >= 4 is 44.8 Å².